The predicted octanol–water partition coefficient (Wildman–Crippen LogP) is 2.08. The Kier molecular flexibility index (Phi) is 4.21. The molecule has 0 aromatic heterocycles. The highest BCUT2D eigenvalue weighted by molar-refractivity contribution is 5.85. The number of hydrogen-bond donors (Lipinski definition) is 0. The summed E-state index contributed by atoms with van der Waals surface area (Å²) in [6.07, 6.45) is 1.46. The summed E-state index contributed by atoms with van der Waals surface area (Å²) in [5, 5.41) is 0. The number of benzene rings is 1. The van der Waals surface area contributed by atoms with Crippen molar-refractivity contribution < 1.29 is 4.79 Å². The van der Waals surface area contributed by atoms with E-state index in [1.54, 1.807) is 12.1 Å². The second kappa shape index (κ2) is 4.74. The molecule has 0 fully saturated rings. The molecule has 0 bridgehead atoms. The SMILES string of the molecule is Cl.O=C=Nc1ccccc1. The van der Waals surface area contributed by atoms with Crippen molar-refractivity contribution >= 4 is 24.2 Å². The fourth-order valence-electron chi connectivity index (χ4n) is 0.555. The quantitative estimate of drug-likeness (QED) is 0.451. The van der Waals surface area contributed by atoms with E-state index < -0.39 is 0 Å². The average Bonchev–Trinajstić information content (AvgIpc) is 1.91. The molecule has 0 aliphatic rings. The Bertz CT molecular complexity index is 229. The van der Waals surface area contributed by atoms with E-state index >= 15 is 0 Å². The molecule has 0 radical (unpaired) electrons. The summed E-state index contributed by atoms with van der Waals surface area (Å²) in [4.78, 5) is 13.1. The Hall–Kier alpha value is -1.11. The normalized spacial score (nSPS) is 7.20. The predicted molar refractivity (Wildman–Crippen MR) is 41.5 cm³/mol. The summed E-state index contributed by atoms with van der Waals surface area (Å²) >= 11 is 0. The molecule has 0 heterocycles. The van der Waals surface area contributed by atoms with Gasteiger partial charge in [-0.15, -0.1) is 12.4 Å². The number of rotatable bonds is 1. The second-order valence-corrected chi connectivity index (χ2v) is 1.54. The summed E-state index contributed by atoms with van der Waals surface area (Å²) < 4.78 is 0. The van der Waals surface area contributed by atoms with E-state index in [2.05, 4.69) is 4.99 Å². The summed E-state index contributed by atoms with van der Waals surface area (Å²) in [5.74, 6) is 0. The van der Waals surface area contributed by atoms with Crippen LogP contribution in [0.1, 0.15) is 0 Å². The minimum absolute atomic E-state index is 0. The third kappa shape index (κ3) is 2.44. The Labute approximate surface area is 65.0 Å². The molecule has 0 amide bonds. The highest BCUT2D eigenvalue weighted by Crippen LogP contribution is 2.06. The Morgan fingerprint density at radius 1 is 1.20 bits per heavy atom. The molecule has 0 saturated carbocycles. The van der Waals surface area contributed by atoms with E-state index in [0.29, 0.717) is 5.69 Å². The minimum atomic E-state index is 0. The van der Waals surface area contributed by atoms with Crippen LogP contribution in [0, 0.1) is 0 Å². The van der Waals surface area contributed by atoms with Gasteiger partial charge in [0.15, 0.2) is 0 Å². The first kappa shape index (κ1) is 8.89. The van der Waals surface area contributed by atoms with Gasteiger partial charge in [0.1, 0.15) is 0 Å². The molecule has 0 aliphatic heterocycles. The van der Waals surface area contributed by atoms with Gasteiger partial charge in [-0.25, -0.2) is 4.79 Å². The van der Waals surface area contributed by atoms with Gasteiger partial charge in [0.05, 0.1) is 5.69 Å². The first-order chi connectivity index (χ1) is 4.43. The third-order valence-corrected chi connectivity index (χ3v) is 0.931. The van der Waals surface area contributed by atoms with Gasteiger partial charge in [0.25, 0.3) is 0 Å². The van der Waals surface area contributed by atoms with Crippen LogP contribution in [0.5, 0.6) is 0 Å². The largest absolute Gasteiger partial charge is 0.240 e. The first-order valence-electron chi connectivity index (χ1n) is 2.56. The lowest BCUT2D eigenvalue weighted by Crippen LogP contribution is -1.59. The highest BCUT2D eigenvalue weighted by atomic mass is 35.5. The molecule has 52 valence electrons. The van der Waals surface area contributed by atoms with Gasteiger partial charge in [-0.1, -0.05) is 18.2 Å². The van der Waals surface area contributed by atoms with E-state index in [9.17, 15) is 4.79 Å². The molecule has 0 spiro atoms. The second-order valence-electron chi connectivity index (χ2n) is 1.54. The number of nitrogens with zero attached hydrogens (tertiary/aromatic N) is 1. The maximum absolute atomic E-state index is 9.68. The summed E-state index contributed by atoms with van der Waals surface area (Å²) in [6, 6.07) is 8.98. The van der Waals surface area contributed by atoms with Crippen molar-refractivity contribution in [2.45, 2.75) is 0 Å². The Morgan fingerprint density at radius 3 is 2.30 bits per heavy atom. The first-order valence-corrected chi connectivity index (χ1v) is 2.56. The van der Waals surface area contributed by atoms with E-state index in [0.717, 1.165) is 0 Å². The van der Waals surface area contributed by atoms with Gasteiger partial charge in [-0.3, -0.25) is 0 Å². The van der Waals surface area contributed by atoms with E-state index in [4.69, 9.17) is 0 Å². The van der Waals surface area contributed by atoms with Gasteiger partial charge >= 0.3 is 0 Å². The smallest absolute Gasteiger partial charge is 0.211 e. The van der Waals surface area contributed by atoms with Crippen LogP contribution in [0.2, 0.25) is 0 Å². The molecule has 0 atom stereocenters. The van der Waals surface area contributed by atoms with Gasteiger partial charge in [0, 0.05) is 0 Å². The van der Waals surface area contributed by atoms with Crippen LogP contribution in [0.15, 0.2) is 35.3 Å². The average molecular weight is 156 g/mol. The highest BCUT2D eigenvalue weighted by Gasteiger charge is 1.79. The zero-order valence-corrected chi connectivity index (χ0v) is 5.97. The number of aliphatic imine (C=N–C) groups is 1. The zero-order chi connectivity index (χ0) is 6.53. The molecular formula is C7H6ClNO. The van der Waals surface area contributed by atoms with Gasteiger partial charge in [-0.05, 0) is 12.1 Å². The van der Waals surface area contributed by atoms with Crippen LogP contribution in [-0.4, -0.2) is 6.08 Å². The maximum Gasteiger partial charge on any atom is 0.240 e. The van der Waals surface area contributed by atoms with Crippen molar-refractivity contribution in [1.82, 2.24) is 0 Å². The van der Waals surface area contributed by atoms with Gasteiger partial charge in [-0.2, -0.15) is 4.99 Å². The van der Waals surface area contributed by atoms with E-state index in [1.165, 1.54) is 6.08 Å². The van der Waals surface area contributed by atoms with Crippen LogP contribution >= 0.6 is 12.4 Å². The lowest BCUT2D eigenvalue weighted by Gasteiger charge is -1.83. The summed E-state index contributed by atoms with van der Waals surface area (Å²) in [6.45, 7) is 0. The molecule has 3 heteroatoms. The zero-order valence-electron chi connectivity index (χ0n) is 5.15. The van der Waals surface area contributed by atoms with Crippen LogP contribution in [0.4, 0.5) is 5.69 Å². The van der Waals surface area contributed by atoms with Crippen LogP contribution in [-0.2, 0) is 4.79 Å². The third-order valence-electron chi connectivity index (χ3n) is 0.931. The molecule has 1 aromatic rings. The molecule has 1 aromatic carbocycles. The van der Waals surface area contributed by atoms with Crippen molar-refractivity contribution in [2.24, 2.45) is 4.99 Å². The van der Waals surface area contributed by atoms with E-state index in [1.807, 2.05) is 18.2 Å². The van der Waals surface area contributed by atoms with Crippen molar-refractivity contribution in [2.75, 3.05) is 0 Å². The molecular weight excluding hydrogens is 150 g/mol. The minimum Gasteiger partial charge on any atom is -0.211 e. The van der Waals surface area contributed by atoms with Crippen LogP contribution < -0.4 is 0 Å². The monoisotopic (exact) mass is 155 g/mol. The topological polar surface area (TPSA) is 29.4 Å². The fraction of sp³-hybridized carbons (Fsp3) is 0. The Balaban J connectivity index is 0.000000810. The molecule has 0 N–H and O–H groups in total. The standard InChI is InChI=1S/C7H5NO.ClH/c9-6-8-7-4-2-1-3-5-7;/h1-5H;1H. The number of isocyanates is 1. The number of halogens is 1. The fourth-order valence-corrected chi connectivity index (χ4v) is 0.555. The molecule has 1 rings (SSSR count). The Morgan fingerprint density at radius 2 is 1.80 bits per heavy atom. The van der Waals surface area contributed by atoms with Crippen molar-refractivity contribution in [3.63, 3.8) is 0 Å². The molecule has 0 unspecified atom stereocenters. The lowest BCUT2D eigenvalue weighted by molar-refractivity contribution is 0.565. The number of para-hydroxylation sites is 1. The molecule has 2 nitrogen and oxygen atoms in total. The van der Waals surface area contributed by atoms with Crippen molar-refractivity contribution in [3.05, 3.63) is 30.3 Å². The van der Waals surface area contributed by atoms with Crippen LogP contribution in [0.3, 0.4) is 0 Å². The van der Waals surface area contributed by atoms with Gasteiger partial charge in [0.2, 0.25) is 6.08 Å². The molecule has 0 aliphatic carbocycles. The molecule has 0 saturated heterocycles. The van der Waals surface area contributed by atoms with E-state index in [-0.39, 0.29) is 12.4 Å². The van der Waals surface area contributed by atoms with Crippen molar-refractivity contribution in [1.29, 1.82) is 0 Å². The number of carbonyl (C=O) groups excluding carboxylic acids is 1. The van der Waals surface area contributed by atoms with Gasteiger partial charge < -0.3 is 0 Å². The lowest BCUT2D eigenvalue weighted by atomic mass is 10.3. The summed E-state index contributed by atoms with van der Waals surface area (Å²) in [5.41, 5.74) is 0.646. The number of hydrogen-bond acceptors (Lipinski definition) is 2. The van der Waals surface area contributed by atoms with Crippen LogP contribution in [0.25, 0.3) is 0 Å². The maximum atomic E-state index is 9.68. The summed E-state index contributed by atoms with van der Waals surface area (Å²) in [7, 11) is 0. The van der Waals surface area contributed by atoms with Crippen molar-refractivity contribution in [3.8, 4) is 0 Å². The molecule has 10 heavy (non-hydrogen) atoms.